The normalized spacial score (nSPS) is 17.2. The Kier molecular flexibility index (Phi) is 9.67. The van der Waals surface area contributed by atoms with Crippen molar-refractivity contribution in [2.24, 2.45) is 11.7 Å². The minimum Gasteiger partial charge on any atom is -0.393 e. The summed E-state index contributed by atoms with van der Waals surface area (Å²) in [5, 5.41) is 9.66. The van der Waals surface area contributed by atoms with Crippen molar-refractivity contribution in [2.75, 3.05) is 7.11 Å². The molecule has 0 amide bonds. The average Bonchev–Trinajstić information content (AvgIpc) is 2.30. The zero-order chi connectivity index (χ0) is 14.9. The van der Waals surface area contributed by atoms with E-state index in [1.165, 1.54) is 32.1 Å². The highest BCUT2D eigenvalue weighted by Gasteiger charge is 2.33. The lowest BCUT2D eigenvalue weighted by Gasteiger charge is -2.37. The van der Waals surface area contributed by atoms with Crippen molar-refractivity contribution in [1.82, 2.24) is 0 Å². The summed E-state index contributed by atoms with van der Waals surface area (Å²) in [5.74, 6) is 0.198. The van der Waals surface area contributed by atoms with Crippen molar-refractivity contribution in [3.63, 3.8) is 0 Å². The number of methoxy groups -OCH3 is 1. The van der Waals surface area contributed by atoms with Crippen molar-refractivity contribution in [3.05, 3.63) is 0 Å². The largest absolute Gasteiger partial charge is 0.393 e. The maximum atomic E-state index is 9.66. The molecule has 0 saturated heterocycles. The van der Waals surface area contributed by atoms with Crippen molar-refractivity contribution in [3.8, 4) is 0 Å². The summed E-state index contributed by atoms with van der Waals surface area (Å²) < 4.78 is 5.66. The first-order chi connectivity index (χ1) is 8.82. The number of unbranched alkanes of at least 4 members (excludes halogenated alkanes) is 4. The van der Waals surface area contributed by atoms with Crippen LogP contribution in [0, 0.1) is 5.92 Å². The van der Waals surface area contributed by atoms with Gasteiger partial charge in [-0.25, -0.2) is 0 Å². The molecule has 0 bridgehead atoms. The SMILES string of the molecule is CCCCCCCC(OC)C(CC(C)O)C(C)(C)N. The first-order valence-corrected chi connectivity index (χ1v) is 7.82. The quantitative estimate of drug-likeness (QED) is 0.567. The van der Waals surface area contributed by atoms with Crippen LogP contribution < -0.4 is 5.73 Å². The second kappa shape index (κ2) is 9.73. The molecule has 0 heterocycles. The van der Waals surface area contributed by atoms with Crippen molar-refractivity contribution in [2.45, 2.75) is 90.4 Å². The maximum Gasteiger partial charge on any atom is 0.0617 e. The molecule has 3 nitrogen and oxygen atoms in total. The van der Waals surface area contributed by atoms with Gasteiger partial charge in [-0.2, -0.15) is 0 Å². The minimum atomic E-state index is -0.328. The molecular weight excluding hydrogens is 238 g/mol. The molecule has 116 valence electrons. The molecule has 0 rings (SSSR count). The van der Waals surface area contributed by atoms with Crippen LogP contribution in [0.4, 0.5) is 0 Å². The second-order valence-corrected chi connectivity index (χ2v) is 6.49. The van der Waals surface area contributed by atoms with Gasteiger partial charge < -0.3 is 15.6 Å². The van der Waals surface area contributed by atoms with E-state index in [0.29, 0.717) is 6.42 Å². The fraction of sp³-hybridized carbons (Fsp3) is 1.00. The van der Waals surface area contributed by atoms with Crippen LogP contribution in [0.1, 0.15) is 72.6 Å². The maximum absolute atomic E-state index is 9.66. The lowest BCUT2D eigenvalue weighted by molar-refractivity contribution is -0.00441. The number of aliphatic hydroxyl groups is 1. The number of hydrogen-bond acceptors (Lipinski definition) is 3. The van der Waals surface area contributed by atoms with E-state index in [4.69, 9.17) is 10.5 Å². The third-order valence-electron chi connectivity index (χ3n) is 3.89. The lowest BCUT2D eigenvalue weighted by Crippen LogP contribution is -2.48. The highest BCUT2D eigenvalue weighted by Crippen LogP contribution is 2.28. The summed E-state index contributed by atoms with van der Waals surface area (Å²) in [4.78, 5) is 0. The first kappa shape index (κ1) is 18.9. The van der Waals surface area contributed by atoms with Gasteiger partial charge in [0.2, 0.25) is 0 Å². The summed E-state index contributed by atoms with van der Waals surface area (Å²) in [6.45, 7) is 8.12. The Hall–Kier alpha value is -0.120. The van der Waals surface area contributed by atoms with Crippen molar-refractivity contribution < 1.29 is 9.84 Å². The molecule has 0 spiro atoms. The molecule has 0 aromatic rings. The first-order valence-electron chi connectivity index (χ1n) is 7.82. The van der Waals surface area contributed by atoms with Crippen molar-refractivity contribution >= 4 is 0 Å². The van der Waals surface area contributed by atoms with E-state index in [1.54, 1.807) is 7.11 Å². The standard InChI is InChI=1S/C16H35NO2/c1-6-7-8-9-10-11-15(19-5)14(12-13(2)18)16(3,4)17/h13-15,18H,6-12,17H2,1-5H3. The van der Waals surface area contributed by atoms with E-state index in [-0.39, 0.29) is 23.7 Å². The van der Waals surface area contributed by atoms with Gasteiger partial charge in [-0.05, 0) is 33.6 Å². The number of nitrogens with two attached hydrogens (primary N) is 1. The highest BCUT2D eigenvalue weighted by molar-refractivity contribution is 4.88. The molecule has 0 aliphatic rings. The number of ether oxygens (including phenoxy) is 1. The van der Waals surface area contributed by atoms with Gasteiger partial charge in [0.1, 0.15) is 0 Å². The Morgan fingerprint density at radius 3 is 2.16 bits per heavy atom. The van der Waals surface area contributed by atoms with Gasteiger partial charge in [0.05, 0.1) is 12.2 Å². The third kappa shape index (κ3) is 8.61. The summed E-state index contributed by atoms with van der Waals surface area (Å²) in [6, 6.07) is 0. The molecule has 0 radical (unpaired) electrons. The van der Waals surface area contributed by atoms with Crippen LogP contribution in [0.25, 0.3) is 0 Å². The molecule has 3 unspecified atom stereocenters. The number of aliphatic hydroxyl groups excluding tert-OH is 1. The fourth-order valence-electron chi connectivity index (χ4n) is 2.73. The van der Waals surface area contributed by atoms with E-state index >= 15 is 0 Å². The van der Waals surface area contributed by atoms with Gasteiger partial charge in [-0.15, -0.1) is 0 Å². The summed E-state index contributed by atoms with van der Waals surface area (Å²) in [6.07, 6.45) is 7.91. The van der Waals surface area contributed by atoms with Crippen LogP contribution in [-0.2, 0) is 4.74 Å². The third-order valence-corrected chi connectivity index (χ3v) is 3.89. The molecule has 0 saturated carbocycles. The second-order valence-electron chi connectivity index (χ2n) is 6.49. The Balaban J connectivity index is 4.32. The molecule has 0 aromatic carbocycles. The van der Waals surface area contributed by atoms with Gasteiger partial charge >= 0.3 is 0 Å². The summed E-state index contributed by atoms with van der Waals surface area (Å²) in [7, 11) is 1.76. The summed E-state index contributed by atoms with van der Waals surface area (Å²) in [5.41, 5.74) is 5.95. The van der Waals surface area contributed by atoms with Crippen LogP contribution in [0.3, 0.4) is 0 Å². The predicted molar refractivity (Wildman–Crippen MR) is 82.2 cm³/mol. The molecule has 0 aliphatic carbocycles. The monoisotopic (exact) mass is 273 g/mol. The zero-order valence-corrected chi connectivity index (χ0v) is 13.6. The van der Waals surface area contributed by atoms with E-state index in [1.807, 2.05) is 20.8 Å². The van der Waals surface area contributed by atoms with Gasteiger partial charge in [0.25, 0.3) is 0 Å². The molecule has 19 heavy (non-hydrogen) atoms. The van der Waals surface area contributed by atoms with Gasteiger partial charge in [0.15, 0.2) is 0 Å². The van der Waals surface area contributed by atoms with Crippen LogP contribution in [0.15, 0.2) is 0 Å². The fourth-order valence-corrected chi connectivity index (χ4v) is 2.73. The van der Waals surface area contributed by atoms with Gasteiger partial charge in [-0.3, -0.25) is 0 Å². The van der Waals surface area contributed by atoms with Gasteiger partial charge in [0, 0.05) is 18.6 Å². The Morgan fingerprint density at radius 1 is 1.16 bits per heavy atom. The topological polar surface area (TPSA) is 55.5 Å². The van der Waals surface area contributed by atoms with E-state index < -0.39 is 0 Å². The van der Waals surface area contributed by atoms with Crippen molar-refractivity contribution in [1.29, 1.82) is 0 Å². The molecular formula is C16H35NO2. The van der Waals surface area contributed by atoms with E-state index in [2.05, 4.69) is 6.92 Å². The molecule has 0 aliphatic heterocycles. The molecule has 0 fully saturated rings. The lowest BCUT2D eigenvalue weighted by atomic mass is 9.78. The van der Waals surface area contributed by atoms with Crippen LogP contribution >= 0.6 is 0 Å². The van der Waals surface area contributed by atoms with Gasteiger partial charge in [-0.1, -0.05) is 39.0 Å². The van der Waals surface area contributed by atoms with Crippen LogP contribution in [0.2, 0.25) is 0 Å². The Morgan fingerprint density at radius 2 is 1.74 bits per heavy atom. The molecule has 3 heteroatoms. The molecule has 3 atom stereocenters. The smallest absolute Gasteiger partial charge is 0.0617 e. The summed E-state index contributed by atoms with van der Waals surface area (Å²) >= 11 is 0. The number of rotatable bonds is 11. The highest BCUT2D eigenvalue weighted by atomic mass is 16.5. The number of hydrogen-bond donors (Lipinski definition) is 2. The predicted octanol–water partition coefficient (Wildman–Crippen LogP) is 3.49. The van der Waals surface area contributed by atoms with Crippen LogP contribution in [-0.4, -0.2) is 30.0 Å². The average molecular weight is 273 g/mol. The van der Waals surface area contributed by atoms with Crippen LogP contribution in [0.5, 0.6) is 0 Å². The van der Waals surface area contributed by atoms with E-state index in [9.17, 15) is 5.11 Å². The van der Waals surface area contributed by atoms with E-state index in [0.717, 1.165) is 6.42 Å². The minimum absolute atomic E-state index is 0.149. The molecule has 0 aromatic heterocycles. The zero-order valence-electron chi connectivity index (χ0n) is 13.6. The Bertz CT molecular complexity index is 211. The Labute approximate surface area is 119 Å². The molecule has 3 N–H and O–H groups in total.